The van der Waals surface area contributed by atoms with Crippen molar-refractivity contribution in [2.24, 2.45) is 0 Å². The lowest BCUT2D eigenvalue weighted by Crippen LogP contribution is -2.08. The summed E-state index contributed by atoms with van der Waals surface area (Å²) in [5.41, 5.74) is 4.31. The second kappa shape index (κ2) is 8.03. The van der Waals surface area contributed by atoms with Gasteiger partial charge in [0, 0.05) is 18.3 Å². The number of nitrogens with one attached hydrogen (secondary N) is 1. The van der Waals surface area contributed by atoms with Crippen LogP contribution in [-0.4, -0.2) is 27.8 Å². The highest BCUT2D eigenvalue weighted by Crippen LogP contribution is 2.21. The summed E-state index contributed by atoms with van der Waals surface area (Å²) in [6.45, 7) is 6.66. The summed E-state index contributed by atoms with van der Waals surface area (Å²) in [5.74, 6) is 0.642. The molecule has 0 atom stereocenters. The number of hydrogen-bond acceptors (Lipinski definition) is 5. The summed E-state index contributed by atoms with van der Waals surface area (Å²) < 4.78 is 6.67. The molecule has 6 nitrogen and oxygen atoms in total. The minimum absolute atomic E-state index is 0.308. The number of benzene rings is 1. The van der Waals surface area contributed by atoms with Crippen molar-refractivity contribution in [1.82, 2.24) is 14.8 Å². The number of pyridine rings is 1. The van der Waals surface area contributed by atoms with Gasteiger partial charge in [0.05, 0.1) is 29.7 Å². The summed E-state index contributed by atoms with van der Waals surface area (Å²) in [5, 5.41) is 8.08. The Morgan fingerprint density at radius 1 is 1.19 bits per heavy atom. The van der Waals surface area contributed by atoms with Crippen LogP contribution >= 0.6 is 0 Å². The summed E-state index contributed by atoms with van der Waals surface area (Å²) >= 11 is 0. The highest BCUT2D eigenvalue weighted by molar-refractivity contribution is 5.90. The molecule has 2 aromatic heterocycles. The summed E-state index contributed by atoms with van der Waals surface area (Å²) in [7, 11) is 1.37. The largest absolute Gasteiger partial charge is 0.465 e. The standard InChI is InChI=1S/C21H24N4O2/c1-14(2)20-16(13-25(24-20)17-8-6-5-7-9-17)12-22-19-11-10-18(15(3)23-19)21(26)27-4/h5-11,13-14H,12H2,1-4H3,(H,22,23). The van der Waals surface area contributed by atoms with Crippen LogP contribution in [-0.2, 0) is 11.3 Å². The monoisotopic (exact) mass is 364 g/mol. The fraction of sp³-hybridized carbons (Fsp3) is 0.286. The van der Waals surface area contributed by atoms with Gasteiger partial charge in [-0.15, -0.1) is 0 Å². The number of methoxy groups -OCH3 is 1. The Balaban J connectivity index is 1.80. The van der Waals surface area contributed by atoms with E-state index >= 15 is 0 Å². The first kappa shape index (κ1) is 18.6. The van der Waals surface area contributed by atoms with Gasteiger partial charge in [0.15, 0.2) is 0 Å². The topological polar surface area (TPSA) is 69.0 Å². The molecule has 0 saturated heterocycles. The molecule has 3 rings (SSSR count). The molecular weight excluding hydrogens is 340 g/mol. The lowest BCUT2D eigenvalue weighted by atomic mass is 10.1. The van der Waals surface area contributed by atoms with E-state index in [0.29, 0.717) is 29.5 Å². The van der Waals surface area contributed by atoms with Crippen LogP contribution in [0.15, 0.2) is 48.7 Å². The third kappa shape index (κ3) is 4.16. The second-order valence-electron chi connectivity index (χ2n) is 6.65. The Bertz CT molecular complexity index is 933. The third-order valence-corrected chi connectivity index (χ3v) is 4.34. The van der Waals surface area contributed by atoms with Crippen molar-refractivity contribution < 1.29 is 9.53 Å². The van der Waals surface area contributed by atoms with Crippen LogP contribution in [0.3, 0.4) is 0 Å². The normalized spacial score (nSPS) is 10.9. The molecule has 140 valence electrons. The van der Waals surface area contributed by atoms with E-state index in [2.05, 4.69) is 24.1 Å². The van der Waals surface area contributed by atoms with E-state index in [4.69, 9.17) is 9.84 Å². The maximum atomic E-state index is 11.7. The van der Waals surface area contributed by atoms with Gasteiger partial charge in [0.1, 0.15) is 5.82 Å². The molecule has 0 radical (unpaired) electrons. The molecule has 3 aromatic rings. The van der Waals surface area contributed by atoms with E-state index in [0.717, 1.165) is 16.9 Å². The van der Waals surface area contributed by atoms with E-state index in [1.807, 2.05) is 41.2 Å². The number of para-hydroxylation sites is 1. The van der Waals surface area contributed by atoms with E-state index < -0.39 is 0 Å². The smallest absolute Gasteiger partial charge is 0.339 e. The van der Waals surface area contributed by atoms with Crippen LogP contribution in [0.25, 0.3) is 5.69 Å². The fourth-order valence-electron chi connectivity index (χ4n) is 2.93. The quantitative estimate of drug-likeness (QED) is 0.667. The maximum absolute atomic E-state index is 11.7. The van der Waals surface area contributed by atoms with E-state index in [1.165, 1.54) is 7.11 Å². The molecule has 0 aliphatic carbocycles. The van der Waals surface area contributed by atoms with Crippen LogP contribution in [0, 0.1) is 6.92 Å². The molecule has 0 fully saturated rings. The number of aryl methyl sites for hydroxylation is 1. The van der Waals surface area contributed by atoms with Gasteiger partial charge in [-0.05, 0) is 37.1 Å². The average Bonchev–Trinajstić information content (AvgIpc) is 3.11. The first-order valence-corrected chi connectivity index (χ1v) is 8.93. The van der Waals surface area contributed by atoms with Crippen molar-refractivity contribution in [2.75, 3.05) is 12.4 Å². The van der Waals surface area contributed by atoms with Gasteiger partial charge in [-0.2, -0.15) is 5.10 Å². The van der Waals surface area contributed by atoms with E-state index in [9.17, 15) is 4.79 Å². The molecule has 6 heteroatoms. The molecule has 1 aromatic carbocycles. The van der Waals surface area contributed by atoms with E-state index in [1.54, 1.807) is 19.1 Å². The molecule has 0 aliphatic heterocycles. The van der Waals surface area contributed by atoms with Gasteiger partial charge in [0.25, 0.3) is 0 Å². The van der Waals surface area contributed by atoms with Crippen LogP contribution in [0.1, 0.15) is 47.1 Å². The number of nitrogens with zero attached hydrogens (tertiary/aromatic N) is 3. The SMILES string of the molecule is COC(=O)c1ccc(NCc2cn(-c3ccccc3)nc2C(C)C)nc1C. The Kier molecular flexibility index (Phi) is 5.54. The van der Waals surface area contributed by atoms with Crippen LogP contribution in [0.2, 0.25) is 0 Å². The Hall–Kier alpha value is -3.15. The first-order chi connectivity index (χ1) is 13.0. The number of aromatic nitrogens is 3. The highest BCUT2D eigenvalue weighted by atomic mass is 16.5. The highest BCUT2D eigenvalue weighted by Gasteiger charge is 2.14. The average molecular weight is 364 g/mol. The Morgan fingerprint density at radius 3 is 2.56 bits per heavy atom. The fourth-order valence-corrected chi connectivity index (χ4v) is 2.93. The number of esters is 1. The van der Waals surface area contributed by atoms with Gasteiger partial charge >= 0.3 is 5.97 Å². The van der Waals surface area contributed by atoms with Crippen molar-refractivity contribution in [1.29, 1.82) is 0 Å². The zero-order valence-corrected chi connectivity index (χ0v) is 16.1. The number of hydrogen-bond donors (Lipinski definition) is 1. The van der Waals surface area contributed by atoms with Crippen molar-refractivity contribution in [3.8, 4) is 5.69 Å². The van der Waals surface area contributed by atoms with Gasteiger partial charge in [-0.1, -0.05) is 32.0 Å². The molecule has 0 amide bonds. The van der Waals surface area contributed by atoms with Crippen LogP contribution < -0.4 is 5.32 Å². The number of rotatable bonds is 6. The summed E-state index contributed by atoms with van der Waals surface area (Å²) in [6, 6.07) is 13.6. The Labute approximate surface area is 159 Å². The number of ether oxygens (including phenoxy) is 1. The van der Waals surface area contributed by atoms with Crippen LogP contribution in [0.4, 0.5) is 5.82 Å². The predicted octanol–water partition coefficient (Wildman–Crippen LogP) is 4.10. The van der Waals surface area contributed by atoms with Crippen molar-refractivity contribution >= 4 is 11.8 Å². The van der Waals surface area contributed by atoms with Gasteiger partial charge < -0.3 is 10.1 Å². The molecule has 27 heavy (non-hydrogen) atoms. The number of carbonyl (C=O) groups is 1. The van der Waals surface area contributed by atoms with Crippen LogP contribution in [0.5, 0.6) is 0 Å². The molecule has 1 N–H and O–H groups in total. The summed E-state index contributed by atoms with van der Waals surface area (Å²) in [4.78, 5) is 16.1. The second-order valence-corrected chi connectivity index (χ2v) is 6.65. The Morgan fingerprint density at radius 2 is 1.93 bits per heavy atom. The predicted molar refractivity (Wildman–Crippen MR) is 105 cm³/mol. The third-order valence-electron chi connectivity index (χ3n) is 4.34. The van der Waals surface area contributed by atoms with Crippen molar-refractivity contribution in [3.63, 3.8) is 0 Å². The zero-order chi connectivity index (χ0) is 19.4. The molecule has 0 unspecified atom stereocenters. The molecule has 0 aliphatic rings. The van der Waals surface area contributed by atoms with Gasteiger partial charge in [-0.3, -0.25) is 0 Å². The van der Waals surface area contributed by atoms with Gasteiger partial charge in [0.2, 0.25) is 0 Å². The van der Waals surface area contributed by atoms with E-state index in [-0.39, 0.29) is 5.97 Å². The van der Waals surface area contributed by atoms with Gasteiger partial charge in [-0.25, -0.2) is 14.5 Å². The van der Waals surface area contributed by atoms with Crippen molar-refractivity contribution in [2.45, 2.75) is 33.2 Å². The minimum Gasteiger partial charge on any atom is -0.465 e. The molecule has 0 bridgehead atoms. The molecule has 0 spiro atoms. The number of anilines is 1. The molecule has 0 saturated carbocycles. The molecule has 2 heterocycles. The lowest BCUT2D eigenvalue weighted by molar-refractivity contribution is 0.0599. The van der Waals surface area contributed by atoms with Crippen molar-refractivity contribution in [3.05, 3.63) is 71.2 Å². The minimum atomic E-state index is -0.377. The molecular formula is C21H24N4O2. The zero-order valence-electron chi connectivity index (χ0n) is 16.1. The maximum Gasteiger partial charge on any atom is 0.339 e. The summed E-state index contributed by atoms with van der Waals surface area (Å²) in [6.07, 6.45) is 2.05. The lowest BCUT2D eigenvalue weighted by Gasteiger charge is -2.09. The number of carbonyl (C=O) groups excluding carboxylic acids is 1. The first-order valence-electron chi connectivity index (χ1n) is 8.93.